The Morgan fingerprint density at radius 2 is 2.00 bits per heavy atom. The van der Waals surface area contributed by atoms with Crippen molar-refractivity contribution < 1.29 is 9.59 Å². The fourth-order valence-corrected chi connectivity index (χ4v) is 3.30. The zero-order valence-corrected chi connectivity index (χ0v) is 16.7. The second kappa shape index (κ2) is 8.80. The lowest BCUT2D eigenvalue weighted by Crippen LogP contribution is -2.53. The number of halogens is 1. The van der Waals surface area contributed by atoms with Gasteiger partial charge in [-0.3, -0.25) is 9.59 Å². The van der Waals surface area contributed by atoms with Crippen molar-refractivity contribution in [2.75, 3.05) is 13.6 Å². The van der Waals surface area contributed by atoms with Crippen molar-refractivity contribution in [1.29, 1.82) is 0 Å². The minimum Gasteiger partial charge on any atom is -0.343 e. The Labute approximate surface area is 157 Å². The number of nitrogens with zero attached hydrogens (tertiary/aromatic N) is 1. The van der Waals surface area contributed by atoms with E-state index in [9.17, 15) is 9.59 Å². The van der Waals surface area contributed by atoms with E-state index in [2.05, 4.69) is 40.1 Å². The number of carbonyl (C=O) groups excluding carboxylic acids is 2. The van der Waals surface area contributed by atoms with E-state index in [0.29, 0.717) is 6.42 Å². The predicted molar refractivity (Wildman–Crippen MR) is 104 cm³/mol. The largest absolute Gasteiger partial charge is 0.343 e. The average molecular weight is 443 g/mol. The van der Waals surface area contributed by atoms with Crippen LogP contribution in [0.25, 0.3) is 0 Å². The van der Waals surface area contributed by atoms with E-state index in [1.165, 1.54) is 0 Å². The zero-order valence-electron chi connectivity index (χ0n) is 14.5. The van der Waals surface area contributed by atoms with E-state index >= 15 is 0 Å². The molecular formula is C18H26IN3O2. The molecule has 1 aliphatic heterocycles. The number of likely N-dealkylation sites (N-methyl/N-ethyl adjacent to an activating group) is 1. The predicted octanol–water partition coefficient (Wildman–Crippen LogP) is 1.94. The highest BCUT2D eigenvalue weighted by Gasteiger charge is 2.32. The molecule has 0 bridgehead atoms. The van der Waals surface area contributed by atoms with Gasteiger partial charge in [0.15, 0.2) is 0 Å². The third kappa shape index (κ3) is 4.92. The summed E-state index contributed by atoms with van der Waals surface area (Å²) in [5.74, 6) is -0.122. The number of amides is 2. The van der Waals surface area contributed by atoms with Crippen LogP contribution in [0.4, 0.5) is 0 Å². The topological polar surface area (TPSA) is 61.4 Å². The summed E-state index contributed by atoms with van der Waals surface area (Å²) in [6.45, 7) is 4.64. The Hall–Kier alpha value is -1.15. The molecule has 3 atom stereocenters. The molecule has 2 rings (SSSR count). The van der Waals surface area contributed by atoms with Gasteiger partial charge in [0.2, 0.25) is 11.8 Å². The lowest BCUT2D eigenvalue weighted by molar-refractivity contribution is -0.137. The van der Waals surface area contributed by atoms with Gasteiger partial charge >= 0.3 is 0 Å². The van der Waals surface area contributed by atoms with Crippen molar-refractivity contribution in [2.24, 2.45) is 0 Å². The van der Waals surface area contributed by atoms with Crippen LogP contribution in [-0.2, 0) is 16.0 Å². The molecule has 0 saturated carbocycles. The van der Waals surface area contributed by atoms with Crippen molar-refractivity contribution in [3.63, 3.8) is 0 Å². The van der Waals surface area contributed by atoms with Crippen molar-refractivity contribution in [2.45, 2.75) is 51.2 Å². The zero-order chi connectivity index (χ0) is 17.7. The SMILES string of the molecule is CN[C@@H](C)C(=O)N[C@@H](Cc1ccc(I)cc1)C(=O)N1CCC[C@H]1C. The molecule has 0 aliphatic carbocycles. The molecule has 2 N–H and O–H groups in total. The molecule has 0 radical (unpaired) electrons. The molecule has 2 amide bonds. The monoisotopic (exact) mass is 443 g/mol. The fourth-order valence-electron chi connectivity index (χ4n) is 2.94. The van der Waals surface area contributed by atoms with Gasteiger partial charge in [-0.2, -0.15) is 0 Å². The van der Waals surface area contributed by atoms with Gasteiger partial charge in [-0.05, 0) is 74.0 Å². The molecule has 1 aromatic rings. The van der Waals surface area contributed by atoms with E-state index < -0.39 is 6.04 Å². The normalized spacial score (nSPS) is 19.8. The maximum absolute atomic E-state index is 13.0. The van der Waals surface area contributed by atoms with E-state index in [-0.39, 0.29) is 23.9 Å². The van der Waals surface area contributed by atoms with E-state index in [0.717, 1.165) is 28.5 Å². The van der Waals surface area contributed by atoms with Gasteiger partial charge in [0.25, 0.3) is 0 Å². The second-order valence-electron chi connectivity index (χ2n) is 6.43. The standard InChI is InChI=1S/C18H26IN3O2/c1-12-5-4-10-22(12)18(24)16(21-17(23)13(2)20-3)11-14-6-8-15(19)9-7-14/h6-9,12-13,16,20H,4-5,10-11H2,1-3H3,(H,21,23)/t12-,13+,16+/m1/s1. The molecule has 132 valence electrons. The van der Waals surface area contributed by atoms with E-state index in [1.807, 2.05) is 29.2 Å². The van der Waals surface area contributed by atoms with Crippen molar-refractivity contribution in [3.05, 3.63) is 33.4 Å². The van der Waals surface area contributed by atoms with Crippen LogP contribution in [-0.4, -0.2) is 48.4 Å². The van der Waals surface area contributed by atoms with Gasteiger partial charge in [-0.25, -0.2) is 0 Å². The number of hydrogen-bond donors (Lipinski definition) is 2. The number of hydrogen-bond acceptors (Lipinski definition) is 3. The van der Waals surface area contributed by atoms with Gasteiger partial charge in [-0.1, -0.05) is 12.1 Å². The quantitative estimate of drug-likeness (QED) is 0.661. The molecule has 1 aliphatic rings. The van der Waals surface area contributed by atoms with Gasteiger partial charge in [0, 0.05) is 22.6 Å². The summed E-state index contributed by atoms with van der Waals surface area (Å²) in [5, 5.41) is 5.85. The number of rotatable bonds is 6. The molecule has 5 nitrogen and oxygen atoms in total. The molecule has 1 saturated heterocycles. The van der Waals surface area contributed by atoms with Gasteiger partial charge < -0.3 is 15.5 Å². The summed E-state index contributed by atoms with van der Waals surface area (Å²) in [7, 11) is 1.74. The molecule has 1 aromatic carbocycles. The van der Waals surface area contributed by atoms with E-state index in [1.54, 1.807) is 14.0 Å². The van der Waals surface area contributed by atoms with Crippen molar-refractivity contribution in [3.8, 4) is 0 Å². The molecule has 6 heteroatoms. The maximum Gasteiger partial charge on any atom is 0.245 e. The van der Waals surface area contributed by atoms with Crippen molar-refractivity contribution >= 4 is 34.4 Å². The summed E-state index contributed by atoms with van der Waals surface area (Å²) < 4.78 is 1.15. The van der Waals surface area contributed by atoms with Crippen LogP contribution < -0.4 is 10.6 Å². The number of nitrogens with one attached hydrogen (secondary N) is 2. The van der Waals surface area contributed by atoms with Crippen LogP contribution in [0.2, 0.25) is 0 Å². The first-order valence-corrected chi connectivity index (χ1v) is 9.52. The lowest BCUT2D eigenvalue weighted by Gasteiger charge is -2.28. The minimum atomic E-state index is -0.520. The van der Waals surface area contributed by atoms with Crippen LogP contribution in [0.3, 0.4) is 0 Å². The molecule has 0 unspecified atom stereocenters. The number of likely N-dealkylation sites (tertiary alicyclic amines) is 1. The first-order chi connectivity index (χ1) is 11.4. The van der Waals surface area contributed by atoms with Gasteiger partial charge in [0.1, 0.15) is 6.04 Å². The van der Waals surface area contributed by atoms with E-state index in [4.69, 9.17) is 0 Å². The molecular weight excluding hydrogens is 417 g/mol. The molecule has 24 heavy (non-hydrogen) atoms. The molecule has 0 spiro atoms. The van der Waals surface area contributed by atoms with Gasteiger partial charge in [-0.15, -0.1) is 0 Å². The molecule has 1 fully saturated rings. The maximum atomic E-state index is 13.0. The van der Waals surface area contributed by atoms with Crippen LogP contribution in [0.5, 0.6) is 0 Å². The summed E-state index contributed by atoms with van der Waals surface area (Å²) in [5.41, 5.74) is 1.05. The lowest BCUT2D eigenvalue weighted by atomic mass is 10.0. The molecule has 0 aromatic heterocycles. The molecule has 1 heterocycles. The Kier molecular flexibility index (Phi) is 7.03. The summed E-state index contributed by atoms with van der Waals surface area (Å²) in [6, 6.07) is 7.48. The third-order valence-electron chi connectivity index (χ3n) is 4.63. The van der Waals surface area contributed by atoms with Gasteiger partial charge in [0.05, 0.1) is 6.04 Å². The minimum absolute atomic E-state index is 0.0233. The Morgan fingerprint density at radius 3 is 2.54 bits per heavy atom. The number of benzene rings is 1. The summed E-state index contributed by atoms with van der Waals surface area (Å²) >= 11 is 2.26. The fraction of sp³-hybridized carbons (Fsp3) is 0.556. The Bertz CT molecular complexity index is 576. The highest BCUT2D eigenvalue weighted by Crippen LogP contribution is 2.19. The summed E-state index contributed by atoms with van der Waals surface area (Å²) in [6.07, 6.45) is 2.58. The summed E-state index contributed by atoms with van der Waals surface area (Å²) in [4.78, 5) is 27.2. The Balaban J connectivity index is 2.15. The third-order valence-corrected chi connectivity index (χ3v) is 5.35. The highest BCUT2D eigenvalue weighted by atomic mass is 127. The van der Waals surface area contributed by atoms with Crippen LogP contribution in [0, 0.1) is 3.57 Å². The average Bonchev–Trinajstić information content (AvgIpc) is 3.00. The first-order valence-electron chi connectivity index (χ1n) is 8.45. The first kappa shape index (κ1) is 19.2. The van der Waals surface area contributed by atoms with Crippen molar-refractivity contribution in [1.82, 2.24) is 15.5 Å². The smallest absolute Gasteiger partial charge is 0.245 e. The Morgan fingerprint density at radius 1 is 1.33 bits per heavy atom. The van der Waals surface area contributed by atoms with Crippen LogP contribution in [0.1, 0.15) is 32.3 Å². The number of carbonyl (C=O) groups is 2. The highest BCUT2D eigenvalue weighted by molar-refractivity contribution is 14.1. The van der Waals surface area contributed by atoms with Crippen LogP contribution in [0.15, 0.2) is 24.3 Å². The van der Waals surface area contributed by atoms with Crippen LogP contribution >= 0.6 is 22.6 Å². The second-order valence-corrected chi connectivity index (χ2v) is 7.67.